The average Bonchev–Trinajstić information content (AvgIpc) is 2.65. The number of nitriles is 1. The number of nitrogens with zero attached hydrogens (tertiary/aromatic N) is 1. The number of methoxy groups -OCH3 is 4. The van der Waals surface area contributed by atoms with Crippen LogP contribution in [0.1, 0.15) is 17.0 Å². The minimum absolute atomic E-state index is 0.279. The second-order valence-electron chi connectivity index (χ2n) is 5.19. The summed E-state index contributed by atoms with van der Waals surface area (Å²) in [5.74, 6) is 2.19. The van der Waals surface area contributed by atoms with Crippen LogP contribution in [-0.4, -0.2) is 28.4 Å². The summed E-state index contributed by atoms with van der Waals surface area (Å²) in [5.41, 5.74) is 1.87. The predicted octanol–water partition coefficient (Wildman–Crippen LogP) is 3.57. The third-order valence-corrected chi connectivity index (χ3v) is 3.84. The fourth-order valence-electron chi connectivity index (χ4n) is 2.56. The first-order valence-electron chi connectivity index (χ1n) is 7.49. The molecule has 0 bridgehead atoms. The number of rotatable bonds is 7. The van der Waals surface area contributed by atoms with Crippen LogP contribution in [0, 0.1) is 11.3 Å². The van der Waals surface area contributed by atoms with Crippen LogP contribution in [0.15, 0.2) is 36.4 Å². The van der Waals surface area contributed by atoms with Crippen LogP contribution in [0.4, 0.5) is 0 Å². The first kappa shape index (κ1) is 17.5. The van der Waals surface area contributed by atoms with E-state index in [9.17, 15) is 5.26 Å². The van der Waals surface area contributed by atoms with Gasteiger partial charge in [-0.2, -0.15) is 5.26 Å². The van der Waals surface area contributed by atoms with Crippen molar-refractivity contribution in [3.05, 3.63) is 47.5 Å². The third kappa shape index (κ3) is 3.72. The molecule has 0 aliphatic carbocycles. The molecule has 126 valence electrons. The molecule has 0 aromatic heterocycles. The van der Waals surface area contributed by atoms with E-state index in [1.165, 1.54) is 0 Å². The SMILES string of the molecule is COc1ccc([C@@H](C#N)Cc2cc(OC)c(OC)c(OC)c2)cc1. The molecule has 0 saturated heterocycles. The molecule has 0 amide bonds. The minimum Gasteiger partial charge on any atom is -0.497 e. The van der Waals surface area contributed by atoms with Crippen molar-refractivity contribution >= 4 is 0 Å². The maximum absolute atomic E-state index is 9.55. The Morgan fingerprint density at radius 1 is 0.875 bits per heavy atom. The Morgan fingerprint density at radius 3 is 1.88 bits per heavy atom. The van der Waals surface area contributed by atoms with E-state index in [1.807, 2.05) is 36.4 Å². The molecule has 0 saturated carbocycles. The van der Waals surface area contributed by atoms with Crippen LogP contribution in [-0.2, 0) is 6.42 Å². The maximum atomic E-state index is 9.55. The van der Waals surface area contributed by atoms with Gasteiger partial charge in [0.15, 0.2) is 11.5 Å². The van der Waals surface area contributed by atoms with Gasteiger partial charge in [-0.05, 0) is 41.8 Å². The normalized spacial score (nSPS) is 11.3. The Hall–Kier alpha value is -2.87. The molecule has 0 N–H and O–H groups in total. The fraction of sp³-hybridized carbons (Fsp3) is 0.316. The van der Waals surface area contributed by atoms with Gasteiger partial charge in [0, 0.05) is 0 Å². The predicted molar refractivity (Wildman–Crippen MR) is 91.2 cm³/mol. The van der Waals surface area contributed by atoms with Crippen LogP contribution in [0.2, 0.25) is 0 Å². The van der Waals surface area contributed by atoms with Gasteiger partial charge in [0.05, 0.1) is 40.4 Å². The van der Waals surface area contributed by atoms with Gasteiger partial charge in [0.1, 0.15) is 5.75 Å². The van der Waals surface area contributed by atoms with E-state index >= 15 is 0 Å². The Morgan fingerprint density at radius 2 is 1.46 bits per heavy atom. The lowest BCUT2D eigenvalue weighted by Gasteiger charge is -2.16. The van der Waals surface area contributed by atoms with Crippen LogP contribution in [0.25, 0.3) is 0 Å². The summed E-state index contributed by atoms with van der Waals surface area (Å²) in [6.45, 7) is 0. The van der Waals surface area contributed by atoms with E-state index in [1.54, 1.807) is 28.4 Å². The smallest absolute Gasteiger partial charge is 0.203 e. The molecule has 0 unspecified atom stereocenters. The van der Waals surface area contributed by atoms with Gasteiger partial charge in [0.25, 0.3) is 0 Å². The molecule has 2 aromatic carbocycles. The second-order valence-corrected chi connectivity index (χ2v) is 5.19. The van der Waals surface area contributed by atoms with Gasteiger partial charge in [-0.1, -0.05) is 12.1 Å². The molecule has 1 atom stereocenters. The molecule has 5 nitrogen and oxygen atoms in total. The summed E-state index contributed by atoms with van der Waals surface area (Å²) in [4.78, 5) is 0. The lowest BCUT2D eigenvalue weighted by Crippen LogP contribution is -2.03. The van der Waals surface area contributed by atoms with Crippen molar-refractivity contribution in [1.82, 2.24) is 0 Å². The van der Waals surface area contributed by atoms with Gasteiger partial charge >= 0.3 is 0 Å². The molecule has 0 radical (unpaired) electrons. The van der Waals surface area contributed by atoms with E-state index in [0.29, 0.717) is 23.7 Å². The largest absolute Gasteiger partial charge is 0.497 e. The summed E-state index contributed by atoms with van der Waals surface area (Å²) >= 11 is 0. The van der Waals surface area contributed by atoms with Crippen molar-refractivity contribution in [2.45, 2.75) is 12.3 Å². The van der Waals surface area contributed by atoms with Crippen molar-refractivity contribution < 1.29 is 18.9 Å². The first-order valence-corrected chi connectivity index (χ1v) is 7.49. The standard InChI is InChI=1S/C19H21NO4/c1-21-16-7-5-14(6-8-16)15(12-20)9-13-10-17(22-2)19(24-4)18(11-13)23-3/h5-8,10-11,15H,9H2,1-4H3/t15-/m1/s1. The van der Waals surface area contributed by atoms with E-state index in [4.69, 9.17) is 18.9 Å². The number of benzene rings is 2. The molecule has 2 aromatic rings. The topological polar surface area (TPSA) is 60.7 Å². The average molecular weight is 327 g/mol. The van der Waals surface area contributed by atoms with Crippen LogP contribution >= 0.6 is 0 Å². The van der Waals surface area contributed by atoms with Crippen molar-refractivity contribution in [2.24, 2.45) is 0 Å². The number of ether oxygens (including phenoxy) is 4. The number of hydrogen-bond donors (Lipinski definition) is 0. The van der Waals surface area contributed by atoms with Crippen molar-refractivity contribution in [2.75, 3.05) is 28.4 Å². The molecule has 0 heterocycles. The highest BCUT2D eigenvalue weighted by atomic mass is 16.5. The quantitative estimate of drug-likeness (QED) is 0.778. The van der Waals surface area contributed by atoms with Gasteiger partial charge in [-0.25, -0.2) is 0 Å². The highest BCUT2D eigenvalue weighted by Crippen LogP contribution is 2.39. The summed E-state index contributed by atoms with van der Waals surface area (Å²) in [5, 5.41) is 9.55. The molecule has 2 rings (SSSR count). The summed E-state index contributed by atoms with van der Waals surface area (Å²) in [6, 6.07) is 13.6. The first-order chi connectivity index (χ1) is 11.7. The summed E-state index contributed by atoms with van der Waals surface area (Å²) < 4.78 is 21.2. The van der Waals surface area contributed by atoms with E-state index < -0.39 is 0 Å². The zero-order valence-corrected chi connectivity index (χ0v) is 14.3. The highest BCUT2D eigenvalue weighted by molar-refractivity contribution is 5.54. The highest BCUT2D eigenvalue weighted by Gasteiger charge is 2.17. The van der Waals surface area contributed by atoms with Crippen molar-refractivity contribution in [1.29, 1.82) is 5.26 Å². The summed E-state index contributed by atoms with van der Waals surface area (Å²) in [6.07, 6.45) is 0.541. The second kappa shape index (κ2) is 8.11. The van der Waals surface area contributed by atoms with Gasteiger partial charge < -0.3 is 18.9 Å². The Bertz CT molecular complexity index is 694. The maximum Gasteiger partial charge on any atom is 0.203 e. The lowest BCUT2D eigenvalue weighted by atomic mass is 9.93. The van der Waals surface area contributed by atoms with Gasteiger partial charge in [0.2, 0.25) is 5.75 Å². The molecule has 0 aliphatic heterocycles. The number of hydrogen-bond acceptors (Lipinski definition) is 5. The Balaban J connectivity index is 2.31. The summed E-state index contributed by atoms with van der Waals surface area (Å²) in [7, 11) is 6.33. The van der Waals surface area contributed by atoms with Gasteiger partial charge in [-0.3, -0.25) is 0 Å². The molecule has 5 heteroatoms. The minimum atomic E-state index is -0.279. The monoisotopic (exact) mass is 327 g/mol. The molecule has 0 aliphatic rings. The molecule has 0 spiro atoms. The van der Waals surface area contributed by atoms with Crippen molar-refractivity contribution in [3.63, 3.8) is 0 Å². The van der Waals surface area contributed by atoms with E-state index in [2.05, 4.69) is 6.07 Å². The van der Waals surface area contributed by atoms with E-state index in [-0.39, 0.29) is 5.92 Å². The lowest BCUT2D eigenvalue weighted by molar-refractivity contribution is 0.323. The zero-order chi connectivity index (χ0) is 17.5. The van der Waals surface area contributed by atoms with Gasteiger partial charge in [-0.15, -0.1) is 0 Å². The van der Waals surface area contributed by atoms with E-state index in [0.717, 1.165) is 16.9 Å². The molecule has 0 fully saturated rings. The van der Waals surface area contributed by atoms with Crippen LogP contribution < -0.4 is 18.9 Å². The van der Waals surface area contributed by atoms with Crippen LogP contribution in [0.3, 0.4) is 0 Å². The molecular formula is C19H21NO4. The fourth-order valence-corrected chi connectivity index (χ4v) is 2.56. The van der Waals surface area contributed by atoms with Crippen molar-refractivity contribution in [3.8, 4) is 29.1 Å². The zero-order valence-electron chi connectivity index (χ0n) is 14.3. The van der Waals surface area contributed by atoms with Crippen LogP contribution in [0.5, 0.6) is 23.0 Å². The Kier molecular flexibility index (Phi) is 5.91. The molecular weight excluding hydrogens is 306 g/mol. The Labute approximate surface area is 142 Å². The third-order valence-electron chi connectivity index (χ3n) is 3.84. The molecule has 24 heavy (non-hydrogen) atoms.